The maximum absolute atomic E-state index is 13.6. The van der Waals surface area contributed by atoms with E-state index in [9.17, 15) is 9.59 Å². The molecule has 0 spiro atoms. The van der Waals surface area contributed by atoms with Crippen LogP contribution in [0.1, 0.15) is 134 Å². The normalized spacial score (nSPS) is 11.2. The van der Waals surface area contributed by atoms with Crippen molar-refractivity contribution in [3.63, 3.8) is 0 Å². The van der Waals surface area contributed by atoms with Gasteiger partial charge in [-0.25, -0.2) is 4.57 Å². The van der Waals surface area contributed by atoms with Gasteiger partial charge >= 0.3 is 0 Å². The summed E-state index contributed by atoms with van der Waals surface area (Å²) in [7, 11) is 0. The zero-order valence-corrected chi connectivity index (χ0v) is 28.1. The molecule has 1 heterocycles. The molecule has 0 N–H and O–H groups in total. The second kappa shape index (κ2) is 19.2. The molecule has 2 amide bonds. The molecule has 0 saturated heterocycles. The summed E-state index contributed by atoms with van der Waals surface area (Å²) in [5.74, 6) is 0.292. The van der Waals surface area contributed by atoms with Gasteiger partial charge in [0.2, 0.25) is 11.6 Å². The lowest BCUT2D eigenvalue weighted by atomic mass is 9.85. The minimum absolute atomic E-state index is 0. The summed E-state index contributed by atoms with van der Waals surface area (Å²) in [5.41, 5.74) is 2.24. The molecular weight excluding hydrogens is 611 g/mol. The molecule has 0 radical (unpaired) electrons. The summed E-state index contributed by atoms with van der Waals surface area (Å²) in [6.07, 6.45) is 15.9. The second-order valence-corrected chi connectivity index (χ2v) is 11.8. The molecule has 0 aliphatic rings. The first kappa shape index (κ1) is 36.1. The predicted octanol–water partition coefficient (Wildman–Crippen LogP) is 5.17. The maximum Gasteiger partial charge on any atom is 0.260 e. The number of rotatable bonds is 17. The van der Waals surface area contributed by atoms with Gasteiger partial charge in [-0.05, 0) is 30.0 Å². The Morgan fingerprint density at radius 3 is 2.05 bits per heavy atom. The molecule has 6 heteroatoms. The SMILES string of the molecule is CCCCCCCCCCCCOc1ccc(C(=O)N(Cc2cccc[n+]2CCC)C(C)=O)cc1C(C)(C)C.[I-]. The monoisotopic (exact) mass is 664 g/mol. The van der Waals surface area contributed by atoms with Gasteiger partial charge in [0, 0.05) is 36.6 Å². The van der Waals surface area contributed by atoms with Crippen LogP contribution in [-0.4, -0.2) is 23.3 Å². The molecule has 1 aromatic carbocycles. The third-order valence-electron chi connectivity index (χ3n) is 7.23. The first-order valence-corrected chi connectivity index (χ1v) is 15.3. The van der Waals surface area contributed by atoms with Crippen molar-refractivity contribution < 1.29 is 42.9 Å². The number of halogens is 1. The minimum atomic E-state index is -0.277. The third kappa shape index (κ3) is 12.3. The lowest BCUT2D eigenvalue weighted by Gasteiger charge is -2.25. The summed E-state index contributed by atoms with van der Waals surface area (Å²) in [6.45, 7) is 14.0. The summed E-state index contributed by atoms with van der Waals surface area (Å²) >= 11 is 0. The Balaban J connectivity index is 0.00000800. The zero-order valence-electron chi connectivity index (χ0n) is 25.9. The van der Waals surface area contributed by atoms with Gasteiger partial charge in [0.1, 0.15) is 18.8 Å². The fourth-order valence-corrected chi connectivity index (χ4v) is 4.90. The first-order chi connectivity index (χ1) is 18.7. The highest BCUT2D eigenvalue weighted by molar-refractivity contribution is 6.04. The average molecular weight is 665 g/mol. The van der Waals surface area contributed by atoms with Crippen LogP contribution in [0.25, 0.3) is 0 Å². The second-order valence-electron chi connectivity index (χ2n) is 11.8. The summed E-state index contributed by atoms with van der Waals surface area (Å²) in [5, 5.41) is 0. The van der Waals surface area contributed by atoms with E-state index in [1.54, 1.807) is 6.07 Å². The van der Waals surface area contributed by atoms with Gasteiger partial charge in [-0.1, -0.05) is 98.5 Å². The molecule has 1 aromatic heterocycles. The molecule has 0 fully saturated rings. The van der Waals surface area contributed by atoms with E-state index in [1.807, 2.05) is 36.5 Å². The van der Waals surface area contributed by atoms with Crippen LogP contribution in [-0.2, 0) is 23.3 Å². The molecular formula is C34H53IN2O3. The number of aryl methyl sites for hydroxylation is 1. The van der Waals surface area contributed by atoms with Gasteiger partial charge in [0.15, 0.2) is 6.20 Å². The van der Waals surface area contributed by atoms with E-state index in [-0.39, 0.29) is 47.8 Å². The Bertz CT molecular complexity index is 1030. The third-order valence-corrected chi connectivity index (χ3v) is 7.23. The molecule has 224 valence electrons. The summed E-state index contributed by atoms with van der Waals surface area (Å²) in [6, 6.07) is 11.5. The number of pyridine rings is 1. The topological polar surface area (TPSA) is 50.5 Å². The Morgan fingerprint density at radius 2 is 1.48 bits per heavy atom. The van der Waals surface area contributed by atoms with E-state index in [0.29, 0.717) is 12.2 Å². The molecule has 2 rings (SSSR count). The zero-order chi connectivity index (χ0) is 28.7. The van der Waals surface area contributed by atoms with Crippen molar-refractivity contribution in [2.24, 2.45) is 0 Å². The summed E-state index contributed by atoms with van der Waals surface area (Å²) < 4.78 is 8.33. The van der Waals surface area contributed by atoms with E-state index in [2.05, 4.69) is 39.2 Å². The predicted molar refractivity (Wildman–Crippen MR) is 160 cm³/mol. The molecule has 0 aliphatic heterocycles. The average Bonchev–Trinajstić information content (AvgIpc) is 2.90. The molecule has 5 nitrogen and oxygen atoms in total. The summed E-state index contributed by atoms with van der Waals surface area (Å²) in [4.78, 5) is 27.5. The van der Waals surface area contributed by atoms with Crippen molar-refractivity contribution in [2.45, 2.75) is 131 Å². The number of nitrogens with zero attached hydrogens (tertiary/aromatic N) is 2. The minimum Gasteiger partial charge on any atom is -1.00 e. The number of ether oxygens (including phenoxy) is 1. The van der Waals surface area contributed by atoms with Gasteiger partial charge in [0.05, 0.1) is 6.61 Å². The van der Waals surface area contributed by atoms with Gasteiger partial charge in [-0.3, -0.25) is 14.5 Å². The van der Waals surface area contributed by atoms with Crippen molar-refractivity contribution in [1.29, 1.82) is 0 Å². The van der Waals surface area contributed by atoms with Crippen LogP contribution >= 0.6 is 0 Å². The van der Waals surface area contributed by atoms with Crippen LogP contribution in [0.3, 0.4) is 0 Å². The number of imide groups is 1. The van der Waals surface area contributed by atoms with Crippen molar-refractivity contribution >= 4 is 11.8 Å². The van der Waals surface area contributed by atoms with E-state index < -0.39 is 0 Å². The highest BCUT2D eigenvalue weighted by Crippen LogP contribution is 2.33. The molecule has 40 heavy (non-hydrogen) atoms. The van der Waals surface area contributed by atoms with Crippen LogP contribution in [0.4, 0.5) is 0 Å². The number of benzene rings is 1. The number of unbranched alkanes of at least 4 members (excludes halogenated alkanes) is 9. The van der Waals surface area contributed by atoms with Crippen LogP contribution in [0, 0.1) is 0 Å². The number of hydrogen-bond acceptors (Lipinski definition) is 3. The van der Waals surface area contributed by atoms with E-state index >= 15 is 0 Å². The quantitative estimate of drug-likeness (QED) is 0.133. The van der Waals surface area contributed by atoms with E-state index in [1.165, 1.54) is 69.6 Å². The Labute approximate surface area is 261 Å². The Hall–Kier alpha value is -1.96. The first-order valence-electron chi connectivity index (χ1n) is 15.3. The number of amides is 2. The maximum atomic E-state index is 13.6. The van der Waals surface area contributed by atoms with Gasteiger partial charge in [-0.15, -0.1) is 0 Å². The van der Waals surface area contributed by atoms with Gasteiger partial charge in [-0.2, -0.15) is 0 Å². The van der Waals surface area contributed by atoms with Crippen molar-refractivity contribution in [1.82, 2.24) is 4.90 Å². The Kier molecular flexibility index (Phi) is 17.3. The van der Waals surface area contributed by atoms with Crippen molar-refractivity contribution in [3.05, 3.63) is 59.4 Å². The van der Waals surface area contributed by atoms with Crippen LogP contribution in [0.15, 0.2) is 42.6 Å². The standard InChI is InChI=1S/C34H53N2O3.HI/c1-7-9-10-11-12-13-14-15-16-19-25-39-32-22-21-29(26-31(32)34(4,5)6)33(38)36(28(3)37)27-30-20-17-18-24-35(30)23-8-2;/h17-18,20-22,24,26H,7-16,19,23,25,27H2,1-6H3;1H/q+1;/p-1. The lowest BCUT2D eigenvalue weighted by Crippen LogP contribution is -3.00. The smallest absolute Gasteiger partial charge is 0.260 e. The van der Waals surface area contributed by atoms with E-state index in [4.69, 9.17) is 4.74 Å². The lowest BCUT2D eigenvalue weighted by molar-refractivity contribution is -0.704. The highest BCUT2D eigenvalue weighted by atomic mass is 127. The number of carbonyl (C=O) groups is 2. The molecule has 2 aromatic rings. The van der Waals surface area contributed by atoms with E-state index in [0.717, 1.165) is 36.4 Å². The fourth-order valence-electron chi connectivity index (χ4n) is 4.90. The molecule has 0 aliphatic carbocycles. The van der Waals surface area contributed by atoms with Gasteiger partial charge < -0.3 is 28.7 Å². The molecule has 0 unspecified atom stereocenters. The number of carbonyl (C=O) groups excluding carboxylic acids is 2. The van der Waals surface area contributed by atoms with Crippen LogP contribution < -0.4 is 33.3 Å². The molecule has 0 saturated carbocycles. The van der Waals surface area contributed by atoms with Crippen molar-refractivity contribution in [2.75, 3.05) is 6.61 Å². The van der Waals surface area contributed by atoms with Crippen molar-refractivity contribution in [3.8, 4) is 5.75 Å². The molecule has 0 bridgehead atoms. The number of hydrogen-bond donors (Lipinski definition) is 0. The molecule has 0 atom stereocenters. The Morgan fingerprint density at radius 1 is 0.850 bits per heavy atom. The van der Waals surface area contributed by atoms with Crippen LogP contribution in [0.2, 0.25) is 0 Å². The fraction of sp³-hybridized carbons (Fsp3) is 0.618. The number of aromatic nitrogens is 1. The highest BCUT2D eigenvalue weighted by Gasteiger charge is 2.27. The van der Waals surface area contributed by atoms with Crippen LogP contribution in [0.5, 0.6) is 5.75 Å². The van der Waals surface area contributed by atoms with Gasteiger partial charge in [0.25, 0.3) is 5.91 Å². The largest absolute Gasteiger partial charge is 1.00 e.